The van der Waals surface area contributed by atoms with Crippen molar-refractivity contribution in [3.8, 4) is 11.5 Å². The minimum absolute atomic E-state index is 0.0265. The van der Waals surface area contributed by atoms with E-state index in [1.54, 1.807) is 49.6 Å². The van der Waals surface area contributed by atoms with E-state index in [1.807, 2.05) is 20.8 Å². The summed E-state index contributed by atoms with van der Waals surface area (Å²) in [5.41, 5.74) is 0.834. The van der Waals surface area contributed by atoms with Gasteiger partial charge in [-0.05, 0) is 56.7 Å². The number of ether oxygens (including phenoxy) is 3. The third-order valence-corrected chi connectivity index (χ3v) is 5.59. The van der Waals surface area contributed by atoms with Gasteiger partial charge < -0.3 is 24.2 Å². The summed E-state index contributed by atoms with van der Waals surface area (Å²) in [4.78, 5) is 27.5. The van der Waals surface area contributed by atoms with E-state index in [9.17, 15) is 14.7 Å². The number of amides is 1. The molecule has 1 saturated heterocycles. The monoisotopic (exact) mass is 473 g/mol. The van der Waals surface area contributed by atoms with Crippen LogP contribution in [0.2, 0.25) is 5.02 Å². The molecular formula is C25H28ClNO6. The average Bonchev–Trinajstić information content (AvgIpc) is 3.05. The first-order valence-electron chi connectivity index (χ1n) is 10.7. The second kappa shape index (κ2) is 10.7. The minimum atomic E-state index is -0.807. The molecule has 2 aromatic rings. The highest BCUT2D eigenvalue weighted by Gasteiger charge is 2.46. The molecule has 3 rings (SSSR count). The van der Waals surface area contributed by atoms with Gasteiger partial charge in [0, 0.05) is 12.1 Å². The maximum atomic E-state index is 13.1. The topological polar surface area (TPSA) is 85.3 Å². The number of rotatable bonds is 9. The first kappa shape index (κ1) is 24.6. The number of benzene rings is 2. The number of methoxy groups -OCH3 is 1. The molecule has 0 aliphatic carbocycles. The fourth-order valence-corrected chi connectivity index (χ4v) is 3.92. The van der Waals surface area contributed by atoms with Crippen LogP contribution in [-0.4, -0.2) is 54.7 Å². The summed E-state index contributed by atoms with van der Waals surface area (Å²) in [6.07, 6.45) is -0.0265. The van der Waals surface area contributed by atoms with Crippen LogP contribution in [0.1, 0.15) is 37.9 Å². The lowest BCUT2D eigenvalue weighted by molar-refractivity contribution is -0.140. The Morgan fingerprint density at radius 2 is 1.79 bits per heavy atom. The van der Waals surface area contributed by atoms with Crippen LogP contribution < -0.4 is 9.47 Å². The number of carbonyl (C=O) groups excluding carboxylic acids is 2. The number of hydrogen-bond acceptors (Lipinski definition) is 6. The predicted molar refractivity (Wildman–Crippen MR) is 126 cm³/mol. The molecule has 2 aromatic carbocycles. The van der Waals surface area contributed by atoms with Crippen molar-refractivity contribution in [3.05, 3.63) is 64.2 Å². The van der Waals surface area contributed by atoms with Gasteiger partial charge >= 0.3 is 0 Å². The summed E-state index contributed by atoms with van der Waals surface area (Å²) in [5.74, 6) is -0.721. The minimum Gasteiger partial charge on any atom is -0.507 e. The third-order valence-electron chi connectivity index (χ3n) is 5.26. The molecule has 8 heteroatoms. The molecule has 1 unspecified atom stereocenters. The van der Waals surface area contributed by atoms with Crippen LogP contribution in [0.3, 0.4) is 0 Å². The standard InChI is InChI=1S/C25H28ClNO6/c1-5-32-18-10-11-20(26)19(14-18)23(28)21-22(16-6-8-17(31-4)9-7-16)27(25(30)24(21)29)12-13-33-15(2)3/h6-11,14-15,22,28H,5,12-13H2,1-4H3/b23-21+. The van der Waals surface area contributed by atoms with Crippen LogP contribution in [0.15, 0.2) is 48.0 Å². The van der Waals surface area contributed by atoms with E-state index in [0.717, 1.165) is 0 Å². The number of ketones is 1. The van der Waals surface area contributed by atoms with Gasteiger partial charge in [0.05, 0.1) is 43.1 Å². The maximum absolute atomic E-state index is 13.1. The van der Waals surface area contributed by atoms with Crippen LogP contribution in [0.4, 0.5) is 0 Å². The third kappa shape index (κ3) is 5.31. The molecule has 0 saturated carbocycles. The molecule has 0 spiro atoms. The van der Waals surface area contributed by atoms with E-state index >= 15 is 0 Å². The number of carbonyl (C=O) groups is 2. The maximum Gasteiger partial charge on any atom is 0.295 e. The second-order valence-electron chi connectivity index (χ2n) is 7.76. The van der Waals surface area contributed by atoms with Crippen molar-refractivity contribution < 1.29 is 28.9 Å². The molecule has 1 heterocycles. The molecule has 1 N–H and O–H groups in total. The van der Waals surface area contributed by atoms with Crippen LogP contribution in [0, 0.1) is 0 Å². The molecule has 176 valence electrons. The van der Waals surface area contributed by atoms with Gasteiger partial charge in [-0.3, -0.25) is 9.59 Å². The van der Waals surface area contributed by atoms with E-state index in [4.69, 9.17) is 25.8 Å². The molecular weight excluding hydrogens is 446 g/mol. The van der Waals surface area contributed by atoms with E-state index in [2.05, 4.69) is 0 Å². The predicted octanol–water partition coefficient (Wildman–Crippen LogP) is 4.59. The summed E-state index contributed by atoms with van der Waals surface area (Å²) in [5, 5.41) is 11.5. The van der Waals surface area contributed by atoms with Gasteiger partial charge in [-0.25, -0.2) is 0 Å². The fourth-order valence-electron chi connectivity index (χ4n) is 3.72. The molecule has 7 nitrogen and oxygen atoms in total. The van der Waals surface area contributed by atoms with Crippen LogP contribution in [0.25, 0.3) is 5.76 Å². The molecule has 0 radical (unpaired) electrons. The van der Waals surface area contributed by atoms with Crippen molar-refractivity contribution in [2.24, 2.45) is 0 Å². The zero-order valence-corrected chi connectivity index (χ0v) is 19.9. The molecule has 1 amide bonds. The summed E-state index contributed by atoms with van der Waals surface area (Å²) in [6.45, 7) is 6.47. The summed E-state index contributed by atoms with van der Waals surface area (Å²) in [7, 11) is 1.55. The Hall–Kier alpha value is -3.03. The molecule has 1 fully saturated rings. The summed E-state index contributed by atoms with van der Waals surface area (Å²) >= 11 is 6.35. The Bertz CT molecular complexity index is 1050. The van der Waals surface area contributed by atoms with Gasteiger partial charge in [-0.15, -0.1) is 0 Å². The number of halogens is 1. The molecule has 1 atom stereocenters. The van der Waals surface area contributed by atoms with Crippen molar-refractivity contribution in [3.63, 3.8) is 0 Å². The van der Waals surface area contributed by atoms with E-state index < -0.39 is 17.7 Å². The van der Waals surface area contributed by atoms with Gasteiger partial charge in [-0.2, -0.15) is 0 Å². The van der Waals surface area contributed by atoms with E-state index in [0.29, 0.717) is 23.7 Å². The van der Waals surface area contributed by atoms with Crippen molar-refractivity contribution >= 4 is 29.1 Å². The van der Waals surface area contributed by atoms with Crippen molar-refractivity contribution in [1.29, 1.82) is 0 Å². The Morgan fingerprint density at radius 1 is 1.12 bits per heavy atom. The largest absolute Gasteiger partial charge is 0.507 e. The van der Waals surface area contributed by atoms with E-state index in [-0.39, 0.29) is 41.2 Å². The highest BCUT2D eigenvalue weighted by molar-refractivity contribution is 6.47. The van der Waals surface area contributed by atoms with Crippen LogP contribution in [-0.2, 0) is 14.3 Å². The van der Waals surface area contributed by atoms with E-state index in [1.165, 1.54) is 4.90 Å². The zero-order chi connectivity index (χ0) is 24.1. The molecule has 0 bridgehead atoms. The smallest absolute Gasteiger partial charge is 0.295 e. The normalized spacial score (nSPS) is 17.6. The van der Waals surface area contributed by atoms with Gasteiger partial charge in [0.1, 0.15) is 17.3 Å². The molecule has 1 aliphatic heterocycles. The Labute approximate surface area is 198 Å². The fraction of sp³-hybridized carbons (Fsp3) is 0.360. The van der Waals surface area contributed by atoms with Crippen LogP contribution in [0.5, 0.6) is 11.5 Å². The number of aliphatic hydroxyl groups is 1. The van der Waals surface area contributed by atoms with Gasteiger partial charge in [-0.1, -0.05) is 23.7 Å². The van der Waals surface area contributed by atoms with Gasteiger partial charge in [0.2, 0.25) is 0 Å². The quantitative estimate of drug-likeness (QED) is 0.325. The molecule has 1 aliphatic rings. The van der Waals surface area contributed by atoms with Crippen molar-refractivity contribution in [2.45, 2.75) is 32.9 Å². The number of Topliss-reactive ketones (excluding diaryl/α,β-unsaturated/α-hetero) is 1. The average molecular weight is 474 g/mol. The first-order valence-corrected chi connectivity index (χ1v) is 11.1. The van der Waals surface area contributed by atoms with Crippen LogP contribution >= 0.6 is 11.6 Å². The number of nitrogens with zero attached hydrogens (tertiary/aromatic N) is 1. The Morgan fingerprint density at radius 3 is 2.39 bits per heavy atom. The highest BCUT2D eigenvalue weighted by atomic mass is 35.5. The van der Waals surface area contributed by atoms with Gasteiger partial charge in [0.15, 0.2) is 0 Å². The lowest BCUT2D eigenvalue weighted by Crippen LogP contribution is -2.33. The lowest BCUT2D eigenvalue weighted by atomic mass is 9.95. The van der Waals surface area contributed by atoms with Crippen molar-refractivity contribution in [1.82, 2.24) is 4.90 Å². The van der Waals surface area contributed by atoms with Gasteiger partial charge in [0.25, 0.3) is 11.7 Å². The first-order chi connectivity index (χ1) is 15.8. The SMILES string of the molecule is CCOc1ccc(Cl)c(/C(O)=C2\C(=O)C(=O)N(CCOC(C)C)C2c2ccc(OC)cc2)c1. The summed E-state index contributed by atoms with van der Waals surface area (Å²) in [6, 6.07) is 11.0. The zero-order valence-electron chi connectivity index (χ0n) is 19.1. The summed E-state index contributed by atoms with van der Waals surface area (Å²) < 4.78 is 16.3. The molecule has 0 aromatic heterocycles. The molecule has 33 heavy (non-hydrogen) atoms. The van der Waals surface area contributed by atoms with Crippen molar-refractivity contribution in [2.75, 3.05) is 26.9 Å². The highest BCUT2D eigenvalue weighted by Crippen LogP contribution is 2.41. The lowest BCUT2D eigenvalue weighted by Gasteiger charge is -2.26. The number of hydrogen-bond donors (Lipinski definition) is 1. The Balaban J connectivity index is 2.12. The number of aliphatic hydroxyl groups excluding tert-OH is 1. The number of likely N-dealkylation sites (tertiary alicyclic amines) is 1. The second-order valence-corrected chi connectivity index (χ2v) is 8.17. The Kier molecular flexibility index (Phi) is 8.00.